The number of piperidine rings is 1. The van der Waals surface area contributed by atoms with E-state index in [0.717, 1.165) is 13.0 Å². The van der Waals surface area contributed by atoms with Gasteiger partial charge in [-0.15, -0.1) is 0 Å². The second-order valence-corrected chi connectivity index (χ2v) is 2.43. The molecule has 0 bridgehead atoms. The van der Waals surface area contributed by atoms with Gasteiger partial charge in [0.05, 0.1) is 0 Å². The average Bonchev–Trinajstić information content (AvgIpc) is 1.94. The van der Waals surface area contributed by atoms with Crippen molar-refractivity contribution in [2.24, 2.45) is 5.92 Å². The van der Waals surface area contributed by atoms with Gasteiger partial charge < -0.3 is 15.9 Å². The van der Waals surface area contributed by atoms with Crippen molar-refractivity contribution in [3.05, 3.63) is 0 Å². The molecule has 0 atom stereocenters. The third-order valence-electron chi connectivity index (χ3n) is 1.63. The molecule has 1 rings (SSSR count). The van der Waals surface area contributed by atoms with Gasteiger partial charge in [0.1, 0.15) is 0 Å². The third-order valence-corrected chi connectivity index (χ3v) is 1.63. The predicted octanol–water partition coefficient (Wildman–Crippen LogP) is -0.0975. The first-order valence-corrected chi connectivity index (χ1v) is 3.55. The number of hydrogen-bond donors (Lipinski definition) is 2. The molecule has 0 amide bonds. The van der Waals surface area contributed by atoms with E-state index in [-0.39, 0.29) is 19.0 Å². The molecule has 0 spiro atoms. The summed E-state index contributed by atoms with van der Waals surface area (Å²) in [4.78, 5) is 0. The molecule has 1 aliphatic rings. The minimum absolute atomic E-state index is 0. The number of nitrogens with one attached hydrogen (secondary N) is 1. The lowest BCUT2D eigenvalue weighted by Gasteiger charge is -2.17. The van der Waals surface area contributed by atoms with Crippen LogP contribution in [0.3, 0.4) is 0 Å². The van der Waals surface area contributed by atoms with E-state index in [9.17, 15) is 0 Å². The largest absolute Gasteiger partial charge is 0.412 e. The first-order chi connectivity index (χ1) is 4.39. The first kappa shape index (κ1) is 17.4. The molecule has 4 N–H and O–H groups in total. The Balaban J connectivity index is -0.000000149. The van der Waals surface area contributed by atoms with E-state index in [2.05, 4.69) is 12.2 Å². The maximum Gasteiger partial charge on any atom is 0.0319 e. The van der Waals surface area contributed by atoms with Crippen LogP contribution in [-0.2, 0) is 0 Å². The Hall–Kier alpha value is 0.230. The molecule has 72 valence electrons. The summed E-state index contributed by atoms with van der Waals surface area (Å²) in [7, 11) is 1.00. The standard InChI is InChI=1S/C6H13N.CH4O.H2O.H2S/c1-6-2-4-7-5-3-6;1-2;;/h6-7H,2-5H2,1H3;2H,1H3;2*1H2. The molecule has 4 heteroatoms. The molecule has 1 heterocycles. The van der Waals surface area contributed by atoms with Crippen LogP contribution in [0.2, 0.25) is 0 Å². The van der Waals surface area contributed by atoms with Gasteiger partial charge in [-0.05, 0) is 31.8 Å². The zero-order valence-corrected chi connectivity index (χ0v) is 8.35. The maximum absolute atomic E-state index is 7.00. The second-order valence-electron chi connectivity index (χ2n) is 2.43. The summed E-state index contributed by atoms with van der Waals surface area (Å²) >= 11 is 0. The Morgan fingerprint density at radius 2 is 1.55 bits per heavy atom. The van der Waals surface area contributed by atoms with Crippen LogP contribution in [0.4, 0.5) is 0 Å². The molecule has 3 nitrogen and oxygen atoms in total. The zero-order valence-electron chi connectivity index (χ0n) is 7.35. The fourth-order valence-electron chi connectivity index (χ4n) is 0.966. The van der Waals surface area contributed by atoms with Crippen LogP contribution in [-0.4, -0.2) is 30.8 Å². The van der Waals surface area contributed by atoms with Gasteiger partial charge in [0.2, 0.25) is 0 Å². The fraction of sp³-hybridized carbons (Fsp3) is 1.00. The first-order valence-electron chi connectivity index (χ1n) is 3.55. The molecule has 0 aromatic rings. The predicted molar refractivity (Wildman–Crippen MR) is 53.4 cm³/mol. The Morgan fingerprint density at radius 1 is 1.18 bits per heavy atom. The highest BCUT2D eigenvalue weighted by atomic mass is 32.1. The molecule has 11 heavy (non-hydrogen) atoms. The molecule has 0 aromatic carbocycles. The minimum Gasteiger partial charge on any atom is -0.412 e. The lowest BCUT2D eigenvalue weighted by molar-refractivity contribution is 0.399. The second kappa shape index (κ2) is 12.9. The molecule has 0 aliphatic carbocycles. The van der Waals surface area contributed by atoms with Crippen LogP contribution in [0.25, 0.3) is 0 Å². The highest BCUT2D eigenvalue weighted by Crippen LogP contribution is 2.08. The van der Waals surface area contributed by atoms with Gasteiger partial charge in [0.25, 0.3) is 0 Å². The fourth-order valence-corrected chi connectivity index (χ4v) is 0.966. The van der Waals surface area contributed by atoms with Crippen molar-refractivity contribution in [2.45, 2.75) is 19.8 Å². The zero-order chi connectivity index (χ0) is 7.11. The van der Waals surface area contributed by atoms with Gasteiger partial charge in [-0.1, -0.05) is 6.92 Å². The molecule has 1 aliphatic heterocycles. The SMILES string of the molecule is CC1CCNCC1.CO.O.S. The summed E-state index contributed by atoms with van der Waals surface area (Å²) in [6.07, 6.45) is 2.75. The summed E-state index contributed by atoms with van der Waals surface area (Å²) in [5.41, 5.74) is 0. The molecule has 0 radical (unpaired) electrons. The van der Waals surface area contributed by atoms with Crippen LogP contribution in [0.1, 0.15) is 19.8 Å². The van der Waals surface area contributed by atoms with Crippen molar-refractivity contribution in [1.82, 2.24) is 5.32 Å². The van der Waals surface area contributed by atoms with Crippen molar-refractivity contribution < 1.29 is 10.6 Å². The summed E-state index contributed by atoms with van der Waals surface area (Å²) < 4.78 is 0. The van der Waals surface area contributed by atoms with E-state index < -0.39 is 0 Å². The number of aliphatic hydroxyl groups excluding tert-OH is 1. The molecular formula is C7H21NO2S. The van der Waals surface area contributed by atoms with E-state index in [1.807, 2.05) is 0 Å². The molecular weight excluding hydrogens is 162 g/mol. The monoisotopic (exact) mass is 183 g/mol. The highest BCUT2D eigenvalue weighted by molar-refractivity contribution is 7.59. The quantitative estimate of drug-likeness (QED) is 0.551. The smallest absolute Gasteiger partial charge is 0.0319 e. The Kier molecular flexibility index (Phi) is 20.3. The minimum atomic E-state index is 0. The van der Waals surface area contributed by atoms with Gasteiger partial charge >= 0.3 is 0 Å². The van der Waals surface area contributed by atoms with E-state index >= 15 is 0 Å². The van der Waals surface area contributed by atoms with Crippen LogP contribution < -0.4 is 5.32 Å². The molecule has 0 aromatic heterocycles. The molecule has 1 fully saturated rings. The Labute approximate surface area is 75.9 Å². The van der Waals surface area contributed by atoms with Crippen LogP contribution in [0, 0.1) is 5.92 Å². The van der Waals surface area contributed by atoms with Crippen molar-refractivity contribution in [1.29, 1.82) is 0 Å². The van der Waals surface area contributed by atoms with Gasteiger partial charge in [0, 0.05) is 7.11 Å². The van der Waals surface area contributed by atoms with Crippen molar-refractivity contribution in [3.8, 4) is 0 Å². The molecule has 0 saturated carbocycles. The van der Waals surface area contributed by atoms with E-state index in [0.29, 0.717) is 0 Å². The van der Waals surface area contributed by atoms with Gasteiger partial charge in [-0.25, -0.2) is 0 Å². The van der Waals surface area contributed by atoms with Crippen molar-refractivity contribution in [3.63, 3.8) is 0 Å². The summed E-state index contributed by atoms with van der Waals surface area (Å²) in [5, 5.41) is 10.3. The van der Waals surface area contributed by atoms with E-state index in [1.165, 1.54) is 25.9 Å². The van der Waals surface area contributed by atoms with Crippen LogP contribution in [0.15, 0.2) is 0 Å². The lowest BCUT2D eigenvalue weighted by atomic mass is 10.0. The maximum atomic E-state index is 7.00. The molecule has 0 unspecified atom stereocenters. The Bertz CT molecular complexity index is 58.4. The number of aliphatic hydroxyl groups is 1. The Morgan fingerprint density at radius 3 is 1.73 bits per heavy atom. The van der Waals surface area contributed by atoms with Crippen molar-refractivity contribution in [2.75, 3.05) is 20.2 Å². The average molecular weight is 183 g/mol. The van der Waals surface area contributed by atoms with Gasteiger partial charge in [-0.3, -0.25) is 0 Å². The normalized spacial score (nSPS) is 16.6. The van der Waals surface area contributed by atoms with Crippen LogP contribution >= 0.6 is 13.5 Å². The topological polar surface area (TPSA) is 63.8 Å². The third kappa shape index (κ3) is 10.2. The number of rotatable bonds is 0. The van der Waals surface area contributed by atoms with E-state index in [1.54, 1.807) is 0 Å². The van der Waals surface area contributed by atoms with Gasteiger partial charge in [0.15, 0.2) is 0 Å². The lowest BCUT2D eigenvalue weighted by Crippen LogP contribution is -2.26. The highest BCUT2D eigenvalue weighted by Gasteiger charge is 2.04. The number of hydrogen-bond acceptors (Lipinski definition) is 2. The molecule has 1 saturated heterocycles. The van der Waals surface area contributed by atoms with Gasteiger partial charge in [-0.2, -0.15) is 13.5 Å². The van der Waals surface area contributed by atoms with E-state index in [4.69, 9.17) is 5.11 Å². The van der Waals surface area contributed by atoms with Crippen molar-refractivity contribution >= 4 is 13.5 Å². The summed E-state index contributed by atoms with van der Waals surface area (Å²) in [6.45, 7) is 4.79. The summed E-state index contributed by atoms with van der Waals surface area (Å²) in [5.74, 6) is 0.973. The summed E-state index contributed by atoms with van der Waals surface area (Å²) in [6, 6.07) is 0. The van der Waals surface area contributed by atoms with Crippen LogP contribution in [0.5, 0.6) is 0 Å².